The zero-order valence-corrected chi connectivity index (χ0v) is 8.32. The van der Waals surface area contributed by atoms with Crippen molar-refractivity contribution in [1.82, 2.24) is 0 Å². The predicted octanol–water partition coefficient (Wildman–Crippen LogP) is 2.91. The van der Waals surface area contributed by atoms with Crippen LogP contribution in [0.3, 0.4) is 0 Å². The first kappa shape index (κ1) is 6.96. The van der Waals surface area contributed by atoms with Gasteiger partial charge in [0.25, 0.3) is 0 Å². The maximum absolute atomic E-state index is 3.62. The van der Waals surface area contributed by atoms with Crippen molar-refractivity contribution in [3.63, 3.8) is 0 Å². The largest absolute Gasteiger partial charge is 0.384 e. The van der Waals surface area contributed by atoms with E-state index < -0.39 is 0 Å². The van der Waals surface area contributed by atoms with Crippen LogP contribution in [0.25, 0.3) is 0 Å². The second-order valence-corrected chi connectivity index (χ2v) is 4.65. The van der Waals surface area contributed by atoms with Crippen molar-refractivity contribution in [2.24, 2.45) is 0 Å². The summed E-state index contributed by atoms with van der Waals surface area (Å²) >= 11 is 3.62. The molecular weight excluding hydrogens is 214 g/mol. The molecule has 12 heavy (non-hydrogen) atoms. The molecule has 0 saturated heterocycles. The van der Waals surface area contributed by atoms with Gasteiger partial charge in [0.05, 0.1) is 0 Å². The molecule has 1 nitrogen and oxygen atoms in total. The number of anilines is 1. The van der Waals surface area contributed by atoms with Gasteiger partial charge in [-0.1, -0.05) is 22.0 Å². The van der Waals surface area contributed by atoms with Crippen molar-refractivity contribution in [3.05, 3.63) is 28.2 Å². The molecule has 1 aromatic rings. The monoisotopic (exact) mass is 223 g/mol. The topological polar surface area (TPSA) is 12.0 Å². The van der Waals surface area contributed by atoms with E-state index in [9.17, 15) is 0 Å². The zero-order chi connectivity index (χ0) is 8.18. The van der Waals surface area contributed by atoms with Gasteiger partial charge < -0.3 is 5.32 Å². The van der Waals surface area contributed by atoms with Crippen LogP contribution in [0.2, 0.25) is 0 Å². The Morgan fingerprint density at radius 1 is 1.33 bits per heavy atom. The molecule has 62 valence electrons. The Balaban J connectivity index is 2.26. The second-order valence-electron chi connectivity index (χ2n) is 3.80. The van der Waals surface area contributed by atoms with Crippen molar-refractivity contribution < 1.29 is 0 Å². The summed E-state index contributed by atoms with van der Waals surface area (Å²) < 4.78 is 1.28. The lowest BCUT2D eigenvalue weighted by atomic mass is 9.99. The minimum Gasteiger partial charge on any atom is -0.384 e. The molecule has 1 saturated carbocycles. The number of hydrogen-bond acceptors (Lipinski definition) is 1. The minimum atomic E-state index is 0.509. The summed E-state index contributed by atoms with van der Waals surface area (Å²) in [5, 5.41) is 3.46. The average molecular weight is 224 g/mol. The molecule has 0 bridgehead atoms. The first-order valence-corrected chi connectivity index (χ1v) is 5.14. The molecule has 0 aromatic heterocycles. The van der Waals surface area contributed by atoms with E-state index in [0.29, 0.717) is 5.41 Å². The molecule has 0 unspecified atom stereocenters. The van der Waals surface area contributed by atoms with Gasteiger partial charge in [-0.05, 0) is 30.5 Å². The first-order chi connectivity index (χ1) is 5.82. The van der Waals surface area contributed by atoms with Crippen molar-refractivity contribution in [3.8, 4) is 0 Å². The second kappa shape index (κ2) is 2.05. The van der Waals surface area contributed by atoms with Crippen molar-refractivity contribution >= 4 is 21.6 Å². The van der Waals surface area contributed by atoms with E-state index in [4.69, 9.17) is 0 Å². The van der Waals surface area contributed by atoms with E-state index in [1.54, 1.807) is 0 Å². The summed E-state index contributed by atoms with van der Waals surface area (Å²) in [7, 11) is 0. The fourth-order valence-electron chi connectivity index (χ4n) is 2.14. The summed E-state index contributed by atoms with van der Waals surface area (Å²) in [6.45, 7) is 1.14. The fraction of sp³-hybridized carbons (Fsp3) is 0.400. The highest BCUT2D eigenvalue weighted by atomic mass is 79.9. The van der Waals surface area contributed by atoms with E-state index >= 15 is 0 Å². The van der Waals surface area contributed by atoms with Crippen LogP contribution >= 0.6 is 15.9 Å². The van der Waals surface area contributed by atoms with Crippen LogP contribution in [0.15, 0.2) is 22.7 Å². The van der Waals surface area contributed by atoms with Crippen LogP contribution in [0.4, 0.5) is 5.69 Å². The molecule has 1 spiro atoms. The Morgan fingerprint density at radius 3 is 2.92 bits per heavy atom. The quantitative estimate of drug-likeness (QED) is 0.714. The van der Waals surface area contributed by atoms with Gasteiger partial charge in [0.2, 0.25) is 0 Å². The van der Waals surface area contributed by atoms with Gasteiger partial charge in [-0.15, -0.1) is 0 Å². The number of rotatable bonds is 0. The van der Waals surface area contributed by atoms with E-state index in [2.05, 4.69) is 39.4 Å². The Kier molecular flexibility index (Phi) is 1.19. The third-order valence-electron chi connectivity index (χ3n) is 3.01. The lowest BCUT2D eigenvalue weighted by molar-refractivity contribution is 0.774. The molecule has 0 atom stereocenters. The van der Waals surface area contributed by atoms with Crippen LogP contribution < -0.4 is 5.32 Å². The van der Waals surface area contributed by atoms with Crippen LogP contribution in [0.1, 0.15) is 18.4 Å². The lowest BCUT2D eigenvalue weighted by Crippen LogP contribution is -2.08. The molecule has 0 amide bonds. The third-order valence-corrected chi connectivity index (χ3v) is 3.68. The molecule has 3 rings (SSSR count). The van der Waals surface area contributed by atoms with Crippen LogP contribution in [-0.2, 0) is 5.41 Å². The predicted molar refractivity (Wildman–Crippen MR) is 53.5 cm³/mol. The molecule has 1 fully saturated rings. The van der Waals surface area contributed by atoms with E-state index in [0.717, 1.165) is 6.54 Å². The van der Waals surface area contributed by atoms with E-state index in [1.165, 1.54) is 28.6 Å². The highest BCUT2D eigenvalue weighted by Crippen LogP contribution is 2.56. The fourth-order valence-corrected chi connectivity index (χ4v) is 2.93. The molecule has 1 aromatic carbocycles. The van der Waals surface area contributed by atoms with Gasteiger partial charge in [-0.2, -0.15) is 0 Å². The molecule has 1 aliphatic carbocycles. The highest BCUT2D eigenvalue weighted by Gasteiger charge is 2.49. The normalized spacial score (nSPS) is 22.1. The minimum absolute atomic E-state index is 0.509. The molecule has 1 heterocycles. The first-order valence-electron chi connectivity index (χ1n) is 4.35. The maximum Gasteiger partial charge on any atom is 0.0390 e. The summed E-state index contributed by atoms with van der Waals surface area (Å²) in [5.41, 5.74) is 3.36. The molecule has 0 radical (unpaired) electrons. The summed E-state index contributed by atoms with van der Waals surface area (Å²) in [6.07, 6.45) is 2.71. The Bertz CT molecular complexity index is 342. The average Bonchev–Trinajstić information content (AvgIpc) is 2.71. The van der Waals surface area contributed by atoms with Gasteiger partial charge in [-0.3, -0.25) is 0 Å². The summed E-state index contributed by atoms with van der Waals surface area (Å²) in [6, 6.07) is 6.41. The van der Waals surface area contributed by atoms with E-state index in [1.807, 2.05) is 0 Å². The maximum atomic E-state index is 3.62. The van der Waals surface area contributed by atoms with Crippen LogP contribution in [0, 0.1) is 0 Å². The van der Waals surface area contributed by atoms with Gasteiger partial charge in [0.1, 0.15) is 0 Å². The van der Waals surface area contributed by atoms with Gasteiger partial charge in [0.15, 0.2) is 0 Å². The van der Waals surface area contributed by atoms with Gasteiger partial charge in [-0.25, -0.2) is 0 Å². The number of fused-ring (bicyclic) bond motifs is 2. The SMILES string of the molecule is Brc1cccc2c1C1(CC1)CN2. The van der Waals surface area contributed by atoms with Crippen LogP contribution in [0.5, 0.6) is 0 Å². The lowest BCUT2D eigenvalue weighted by Gasteiger charge is -2.07. The Hall–Kier alpha value is -0.500. The number of hydrogen-bond donors (Lipinski definition) is 1. The summed E-state index contributed by atoms with van der Waals surface area (Å²) in [5.74, 6) is 0. The molecular formula is C10H10BrN. The van der Waals surface area contributed by atoms with E-state index in [-0.39, 0.29) is 0 Å². The smallest absolute Gasteiger partial charge is 0.0390 e. The van der Waals surface area contributed by atoms with Gasteiger partial charge in [0, 0.05) is 22.1 Å². The van der Waals surface area contributed by atoms with Crippen molar-refractivity contribution in [2.75, 3.05) is 11.9 Å². The highest BCUT2D eigenvalue weighted by molar-refractivity contribution is 9.10. The Labute approximate surface area is 80.3 Å². The third kappa shape index (κ3) is 0.738. The standard InChI is InChI=1S/C10H10BrN/c11-7-2-1-3-8-9(7)10(4-5-10)6-12-8/h1-3,12H,4-6H2. The Morgan fingerprint density at radius 2 is 2.17 bits per heavy atom. The number of halogens is 1. The van der Waals surface area contributed by atoms with Gasteiger partial charge >= 0.3 is 0 Å². The zero-order valence-electron chi connectivity index (χ0n) is 6.73. The number of benzene rings is 1. The van der Waals surface area contributed by atoms with Crippen LogP contribution in [-0.4, -0.2) is 6.54 Å². The van der Waals surface area contributed by atoms with Crippen molar-refractivity contribution in [1.29, 1.82) is 0 Å². The van der Waals surface area contributed by atoms with Crippen molar-refractivity contribution in [2.45, 2.75) is 18.3 Å². The molecule has 2 aliphatic rings. The molecule has 1 N–H and O–H groups in total. The molecule has 1 aliphatic heterocycles. The molecule has 2 heteroatoms. The number of nitrogens with one attached hydrogen (secondary N) is 1. The summed E-state index contributed by atoms with van der Waals surface area (Å²) in [4.78, 5) is 0.